The van der Waals surface area contributed by atoms with Crippen LogP contribution in [-0.4, -0.2) is 18.3 Å². The number of thiol groups is 1. The maximum absolute atomic E-state index is 10.4. The Morgan fingerprint density at radius 1 is 1.78 bits per heavy atom. The lowest BCUT2D eigenvalue weighted by molar-refractivity contribution is -0.111. The summed E-state index contributed by atoms with van der Waals surface area (Å²) in [6.45, 7) is 1.55. The van der Waals surface area contributed by atoms with Crippen molar-refractivity contribution in [2.24, 2.45) is 5.92 Å². The van der Waals surface area contributed by atoms with Crippen molar-refractivity contribution < 1.29 is 9.53 Å². The van der Waals surface area contributed by atoms with Gasteiger partial charge in [0.1, 0.15) is 0 Å². The first kappa shape index (κ1) is 7.09. The zero-order valence-corrected chi connectivity index (χ0v) is 6.06. The Balaban J connectivity index is 2.19. The molecule has 0 aromatic rings. The highest BCUT2D eigenvalue weighted by molar-refractivity contribution is 7.96. The van der Waals surface area contributed by atoms with Gasteiger partial charge in [-0.3, -0.25) is 4.79 Å². The van der Waals surface area contributed by atoms with Crippen LogP contribution in [0.25, 0.3) is 0 Å². The van der Waals surface area contributed by atoms with Crippen molar-refractivity contribution in [3.05, 3.63) is 0 Å². The Morgan fingerprint density at radius 3 is 3.00 bits per heavy atom. The standard InChI is InChI=1S/C6H10O2S/c7-6(9)3-5-1-2-8-4-5/h5H,1-4H2,(H,7,9). The van der Waals surface area contributed by atoms with Gasteiger partial charge in [0.25, 0.3) is 0 Å². The fraction of sp³-hybridized carbons (Fsp3) is 0.833. The van der Waals surface area contributed by atoms with E-state index in [0.717, 1.165) is 19.6 Å². The number of hydrogen-bond donors (Lipinski definition) is 1. The normalized spacial score (nSPS) is 26.6. The summed E-state index contributed by atoms with van der Waals surface area (Å²) in [6, 6.07) is 0. The van der Waals surface area contributed by atoms with Crippen molar-refractivity contribution in [2.45, 2.75) is 12.8 Å². The molecule has 1 unspecified atom stereocenters. The zero-order valence-electron chi connectivity index (χ0n) is 5.17. The van der Waals surface area contributed by atoms with E-state index in [-0.39, 0.29) is 5.12 Å². The van der Waals surface area contributed by atoms with E-state index in [4.69, 9.17) is 4.74 Å². The molecule has 1 saturated heterocycles. The molecular formula is C6H10O2S. The minimum atomic E-state index is -0.0227. The van der Waals surface area contributed by atoms with Gasteiger partial charge in [0.05, 0.1) is 0 Å². The second kappa shape index (κ2) is 3.22. The van der Waals surface area contributed by atoms with Gasteiger partial charge in [-0.1, -0.05) is 0 Å². The number of ether oxygens (including phenoxy) is 1. The Hall–Kier alpha value is -0.0200. The quantitative estimate of drug-likeness (QED) is 0.585. The molecule has 0 saturated carbocycles. The predicted octanol–water partition coefficient (Wildman–Crippen LogP) is 0.869. The summed E-state index contributed by atoms with van der Waals surface area (Å²) in [6.07, 6.45) is 1.59. The Labute approximate surface area is 60.0 Å². The van der Waals surface area contributed by atoms with Crippen molar-refractivity contribution in [1.29, 1.82) is 0 Å². The van der Waals surface area contributed by atoms with Crippen LogP contribution in [0.3, 0.4) is 0 Å². The summed E-state index contributed by atoms with van der Waals surface area (Å²) in [7, 11) is 0. The molecule has 0 bridgehead atoms. The summed E-state index contributed by atoms with van der Waals surface area (Å²) >= 11 is 3.68. The third-order valence-corrected chi connectivity index (χ3v) is 1.67. The molecule has 9 heavy (non-hydrogen) atoms. The largest absolute Gasteiger partial charge is 0.381 e. The second-order valence-electron chi connectivity index (χ2n) is 2.33. The van der Waals surface area contributed by atoms with Crippen LogP contribution in [0, 0.1) is 5.92 Å². The van der Waals surface area contributed by atoms with Crippen LogP contribution < -0.4 is 0 Å². The molecular weight excluding hydrogens is 136 g/mol. The number of rotatable bonds is 2. The number of carbonyl (C=O) groups is 1. The molecule has 0 aliphatic carbocycles. The highest BCUT2D eigenvalue weighted by Crippen LogP contribution is 2.16. The fourth-order valence-electron chi connectivity index (χ4n) is 0.991. The van der Waals surface area contributed by atoms with E-state index in [0.29, 0.717) is 12.3 Å². The average molecular weight is 146 g/mol. The lowest BCUT2D eigenvalue weighted by Crippen LogP contribution is -2.02. The molecule has 0 N–H and O–H groups in total. The average Bonchev–Trinajstić information content (AvgIpc) is 2.15. The van der Waals surface area contributed by atoms with Crippen molar-refractivity contribution in [3.8, 4) is 0 Å². The summed E-state index contributed by atoms with van der Waals surface area (Å²) in [5.74, 6) is 0.440. The predicted molar refractivity (Wildman–Crippen MR) is 37.5 cm³/mol. The van der Waals surface area contributed by atoms with Crippen LogP contribution >= 0.6 is 12.6 Å². The van der Waals surface area contributed by atoms with Gasteiger partial charge in [0.2, 0.25) is 0 Å². The summed E-state index contributed by atoms with van der Waals surface area (Å²) in [5, 5.41) is -0.0227. The maximum atomic E-state index is 10.4. The number of carbonyl (C=O) groups excluding carboxylic acids is 1. The number of hydrogen-bond acceptors (Lipinski definition) is 2. The lowest BCUT2D eigenvalue weighted by atomic mass is 10.1. The molecule has 1 heterocycles. The van der Waals surface area contributed by atoms with E-state index < -0.39 is 0 Å². The molecule has 0 aromatic heterocycles. The Morgan fingerprint density at radius 2 is 2.56 bits per heavy atom. The lowest BCUT2D eigenvalue weighted by Gasteiger charge is -2.00. The molecule has 1 rings (SSSR count). The van der Waals surface area contributed by atoms with Crippen molar-refractivity contribution in [3.63, 3.8) is 0 Å². The van der Waals surface area contributed by atoms with Gasteiger partial charge in [-0.05, 0) is 12.3 Å². The third kappa shape index (κ3) is 2.37. The van der Waals surface area contributed by atoms with Gasteiger partial charge in [-0.25, -0.2) is 0 Å². The van der Waals surface area contributed by atoms with E-state index in [1.165, 1.54) is 0 Å². The molecule has 0 amide bonds. The van der Waals surface area contributed by atoms with Crippen molar-refractivity contribution in [2.75, 3.05) is 13.2 Å². The maximum Gasteiger partial charge on any atom is 0.186 e. The van der Waals surface area contributed by atoms with Crippen LogP contribution in [-0.2, 0) is 9.53 Å². The minimum absolute atomic E-state index is 0.0227. The molecule has 1 atom stereocenters. The molecule has 0 spiro atoms. The SMILES string of the molecule is O=C(S)CC1CCOC1. The highest BCUT2D eigenvalue weighted by Gasteiger charge is 2.16. The summed E-state index contributed by atoms with van der Waals surface area (Å²) in [5.41, 5.74) is 0. The summed E-state index contributed by atoms with van der Waals surface area (Å²) < 4.78 is 5.07. The van der Waals surface area contributed by atoms with E-state index in [1.807, 2.05) is 0 Å². The molecule has 52 valence electrons. The van der Waals surface area contributed by atoms with E-state index in [2.05, 4.69) is 12.6 Å². The topological polar surface area (TPSA) is 26.3 Å². The minimum Gasteiger partial charge on any atom is -0.381 e. The summed E-state index contributed by atoms with van der Waals surface area (Å²) in [4.78, 5) is 10.4. The molecule has 3 heteroatoms. The van der Waals surface area contributed by atoms with Gasteiger partial charge in [-0.2, -0.15) is 0 Å². The van der Waals surface area contributed by atoms with Crippen molar-refractivity contribution >= 4 is 17.7 Å². The molecule has 0 aromatic carbocycles. The van der Waals surface area contributed by atoms with Gasteiger partial charge < -0.3 is 4.74 Å². The Bertz CT molecular complexity index is 108. The van der Waals surface area contributed by atoms with E-state index in [9.17, 15) is 4.79 Å². The smallest absolute Gasteiger partial charge is 0.186 e. The first-order valence-corrected chi connectivity index (χ1v) is 3.53. The van der Waals surface area contributed by atoms with Crippen LogP contribution in [0.2, 0.25) is 0 Å². The van der Waals surface area contributed by atoms with Crippen molar-refractivity contribution in [1.82, 2.24) is 0 Å². The molecule has 1 aliphatic rings. The van der Waals surface area contributed by atoms with E-state index >= 15 is 0 Å². The van der Waals surface area contributed by atoms with Crippen LogP contribution in [0.15, 0.2) is 0 Å². The third-order valence-electron chi connectivity index (χ3n) is 1.49. The van der Waals surface area contributed by atoms with Crippen LogP contribution in [0.4, 0.5) is 0 Å². The van der Waals surface area contributed by atoms with Gasteiger partial charge in [0.15, 0.2) is 5.12 Å². The van der Waals surface area contributed by atoms with Gasteiger partial charge in [0, 0.05) is 19.6 Å². The van der Waals surface area contributed by atoms with E-state index in [1.54, 1.807) is 0 Å². The Kier molecular flexibility index (Phi) is 2.54. The van der Waals surface area contributed by atoms with Gasteiger partial charge >= 0.3 is 0 Å². The molecule has 0 radical (unpaired) electrons. The highest BCUT2D eigenvalue weighted by atomic mass is 32.1. The van der Waals surface area contributed by atoms with Gasteiger partial charge in [-0.15, -0.1) is 12.6 Å². The molecule has 2 nitrogen and oxygen atoms in total. The van der Waals surface area contributed by atoms with Crippen LogP contribution in [0.5, 0.6) is 0 Å². The monoisotopic (exact) mass is 146 g/mol. The first-order chi connectivity index (χ1) is 4.29. The first-order valence-electron chi connectivity index (χ1n) is 3.08. The zero-order chi connectivity index (χ0) is 6.69. The second-order valence-corrected chi connectivity index (χ2v) is 2.83. The molecule has 1 aliphatic heterocycles. The molecule has 1 fully saturated rings. The van der Waals surface area contributed by atoms with Crippen LogP contribution in [0.1, 0.15) is 12.8 Å². The fourth-order valence-corrected chi connectivity index (χ4v) is 1.25.